The Morgan fingerprint density at radius 1 is 1.03 bits per heavy atom. The van der Waals surface area contributed by atoms with Gasteiger partial charge in [-0.2, -0.15) is 0 Å². The molecule has 3 aromatic rings. The quantitative estimate of drug-likeness (QED) is 0.549. The van der Waals surface area contributed by atoms with Gasteiger partial charge in [-0.05, 0) is 50.3 Å². The lowest BCUT2D eigenvalue weighted by Crippen LogP contribution is -2.39. The molecule has 9 nitrogen and oxygen atoms in total. The highest BCUT2D eigenvalue weighted by atomic mass is 32.2. The number of aromatic nitrogens is 4. The molecule has 1 aliphatic rings. The van der Waals surface area contributed by atoms with Crippen LogP contribution in [0.15, 0.2) is 36.8 Å². The van der Waals surface area contributed by atoms with Crippen LogP contribution in [-0.2, 0) is 10.0 Å². The zero-order valence-corrected chi connectivity index (χ0v) is 17.8. The second kappa shape index (κ2) is 8.49. The summed E-state index contributed by atoms with van der Waals surface area (Å²) >= 11 is 0. The summed E-state index contributed by atoms with van der Waals surface area (Å²) in [6.07, 6.45) is 7.62. The van der Waals surface area contributed by atoms with Gasteiger partial charge in [-0.15, -0.1) is 0 Å². The molecule has 10 heteroatoms. The third-order valence-electron chi connectivity index (χ3n) is 5.10. The number of aryl methyl sites for hydroxylation is 1. The van der Waals surface area contributed by atoms with Gasteiger partial charge >= 0.3 is 0 Å². The topological polar surface area (TPSA) is 122 Å². The molecule has 2 aromatic heterocycles. The van der Waals surface area contributed by atoms with E-state index in [0.29, 0.717) is 22.8 Å². The van der Waals surface area contributed by atoms with Crippen LogP contribution in [0.4, 0.5) is 17.5 Å². The molecule has 30 heavy (non-hydrogen) atoms. The molecule has 1 aromatic carbocycles. The van der Waals surface area contributed by atoms with Crippen molar-refractivity contribution in [3.05, 3.63) is 42.4 Å². The Morgan fingerprint density at radius 3 is 2.53 bits per heavy atom. The van der Waals surface area contributed by atoms with Crippen molar-refractivity contribution >= 4 is 38.5 Å². The monoisotopic (exact) mass is 427 g/mol. The molecule has 1 fully saturated rings. The average molecular weight is 428 g/mol. The minimum Gasteiger partial charge on any atom is -0.351 e. The van der Waals surface area contributed by atoms with E-state index in [-0.39, 0.29) is 12.1 Å². The summed E-state index contributed by atoms with van der Waals surface area (Å²) in [5.41, 5.74) is 3.38. The van der Waals surface area contributed by atoms with Gasteiger partial charge in [-0.1, -0.05) is 12.1 Å². The Morgan fingerprint density at radius 2 is 1.80 bits per heavy atom. The number of hydrogen-bond acceptors (Lipinski definition) is 8. The lowest BCUT2D eigenvalue weighted by atomic mass is 9.92. The molecule has 3 N–H and O–H groups in total. The van der Waals surface area contributed by atoms with Gasteiger partial charge in [0.2, 0.25) is 16.0 Å². The van der Waals surface area contributed by atoms with Crippen molar-refractivity contribution < 1.29 is 8.42 Å². The molecule has 0 aliphatic heterocycles. The Bertz CT molecular complexity index is 1140. The first-order valence-corrected chi connectivity index (χ1v) is 11.8. The van der Waals surface area contributed by atoms with Gasteiger partial charge in [-0.25, -0.2) is 33.1 Å². The number of hydrogen-bond donors (Lipinski definition) is 3. The normalized spacial score (nSPS) is 19.5. The molecule has 0 amide bonds. The average Bonchev–Trinajstić information content (AvgIpc) is 2.69. The number of rotatable bonds is 6. The predicted molar refractivity (Wildman–Crippen MR) is 117 cm³/mol. The first kappa shape index (κ1) is 20.4. The molecular weight excluding hydrogens is 402 g/mol. The molecule has 0 bridgehead atoms. The predicted octanol–water partition coefficient (Wildman–Crippen LogP) is 2.74. The smallest absolute Gasteiger partial charge is 0.223 e. The van der Waals surface area contributed by atoms with Crippen molar-refractivity contribution in [3.8, 4) is 0 Å². The SMILES string of the molecule is Cc1cccc(Nc2ncnc3cnc(N[C@H]4CC[C@H](NS(C)(=O)=O)CC4)nc23)c1. The van der Waals surface area contributed by atoms with Crippen LogP contribution < -0.4 is 15.4 Å². The maximum absolute atomic E-state index is 11.4. The molecule has 0 unspecified atom stereocenters. The van der Waals surface area contributed by atoms with Gasteiger partial charge in [0.15, 0.2) is 5.82 Å². The second-order valence-electron chi connectivity index (χ2n) is 7.73. The fourth-order valence-corrected chi connectivity index (χ4v) is 4.56. The van der Waals surface area contributed by atoms with Crippen LogP contribution in [0.3, 0.4) is 0 Å². The fraction of sp³-hybridized carbons (Fsp3) is 0.400. The maximum Gasteiger partial charge on any atom is 0.223 e. The van der Waals surface area contributed by atoms with E-state index in [9.17, 15) is 8.42 Å². The fourth-order valence-electron chi connectivity index (χ4n) is 3.72. The van der Waals surface area contributed by atoms with Crippen LogP contribution in [0.5, 0.6) is 0 Å². The van der Waals surface area contributed by atoms with Crippen molar-refractivity contribution in [1.82, 2.24) is 24.7 Å². The van der Waals surface area contributed by atoms with Crippen LogP contribution in [0.2, 0.25) is 0 Å². The molecular formula is C20H25N7O2S. The highest BCUT2D eigenvalue weighted by molar-refractivity contribution is 7.88. The summed E-state index contributed by atoms with van der Waals surface area (Å²) in [5, 5.41) is 6.69. The Balaban J connectivity index is 1.48. The van der Waals surface area contributed by atoms with Crippen molar-refractivity contribution in [2.24, 2.45) is 0 Å². The summed E-state index contributed by atoms with van der Waals surface area (Å²) in [4.78, 5) is 17.7. The maximum atomic E-state index is 11.4. The van der Waals surface area contributed by atoms with Gasteiger partial charge < -0.3 is 10.6 Å². The van der Waals surface area contributed by atoms with Crippen LogP contribution in [0.1, 0.15) is 31.2 Å². The Labute approximate surface area is 175 Å². The molecule has 1 aliphatic carbocycles. The highest BCUT2D eigenvalue weighted by Crippen LogP contribution is 2.25. The summed E-state index contributed by atoms with van der Waals surface area (Å²) in [7, 11) is -3.17. The van der Waals surface area contributed by atoms with Crippen molar-refractivity contribution in [3.63, 3.8) is 0 Å². The molecule has 0 radical (unpaired) electrons. The van der Waals surface area contributed by atoms with E-state index in [4.69, 9.17) is 0 Å². The zero-order chi connectivity index (χ0) is 21.1. The molecule has 4 rings (SSSR count). The Kier molecular flexibility index (Phi) is 5.78. The molecule has 1 saturated carbocycles. The number of benzene rings is 1. The van der Waals surface area contributed by atoms with E-state index in [1.807, 2.05) is 31.2 Å². The minimum absolute atomic E-state index is 0.00546. The molecule has 2 heterocycles. The van der Waals surface area contributed by atoms with Crippen LogP contribution >= 0.6 is 0 Å². The number of anilines is 3. The van der Waals surface area contributed by atoms with Gasteiger partial charge in [-0.3, -0.25) is 0 Å². The summed E-state index contributed by atoms with van der Waals surface area (Å²) < 4.78 is 25.5. The van der Waals surface area contributed by atoms with E-state index in [1.54, 1.807) is 6.20 Å². The van der Waals surface area contributed by atoms with Crippen molar-refractivity contribution in [2.45, 2.75) is 44.7 Å². The summed E-state index contributed by atoms with van der Waals surface area (Å²) in [6.45, 7) is 2.04. The highest BCUT2D eigenvalue weighted by Gasteiger charge is 2.23. The van der Waals surface area contributed by atoms with Crippen molar-refractivity contribution in [2.75, 3.05) is 16.9 Å². The molecule has 0 atom stereocenters. The van der Waals surface area contributed by atoms with Gasteiger partial charge in [0.05, 0.1) is 12.5 Å². The van der Waals surface area contributed by atoms with Gasteiger partial charge in [0.25, 0.3) is 0 Å². The van der Waals surface area contributed by atoms with Gasteiger partial charge in [0.1, 0.15) is 17.4 Å². The van der Waals surface area contributed by atoms with E-state index < -0.39 is 10.0 Å². The third kappa shape index (κ3) is 5.19. The lowest BCUT2D eigenvalue weighted by Gasteiger charge is -2.29. The standard InChI is InChI=1S/C20H25N7O2S/c1-13-4-3-5-16(10-13)24-19-18-17(22-12-23-19)11-21-20(26-18)25-14-6-8-15(9-7-14)27-30(2,28)29/h3-5,10-12,14-15,27H,6-9H2,1-2H3,(H,21,25,26)(H,22,23,24)/t14-,15-. The minimum atomic E-state index is -3.17. The number of nitrogens with one attached hydrogen (secondary N) is 3. The van der Waals surface area contributed by atoms with Crippen molar-refractivity contribution in [1.29, 1.82) is 0 Å². The number of fused-ring (bicyclic) bond motifs is 1. The molecule has 0 spiro atoms. The van der Waals surface area contributed by atoms with E-state index >= 15 is 0 Å². The Hall–Kier alpha value is -2.85. The van der Waals surface area contributed by atoms with E-state index in [1.165, 1.54) is 12.6 Å². The lowest BCUT2D eigenvalue weighted by molar-refractivity contribution is 0.387. The number of nitrogens with zero attached hydrogens (tertiary/aromatic N) is 4. The number of sulfonamides is 1. The molecule has 0 saturated heterocycles. The largest absolute Gasteiger partial charge is 0.351 e. The first-order chi connectivity index (χ1) is 14.4. The third-order valence-corrected chi connectivity index (χ3v) is 5.86. The second-order valence-corrected chi connectivity index (χ2v) is 9.51. The van der Waals surface area contributed by atoms with E-state index in [2.05, 4.69) is 35.3 Å². The van der Waals surface area contributed by atoms with Crippen LogP contribution in [0, 0.1) is 6.92 Å². The van der Waals surface area contributed by atoms with Crippen LogP contribution in [-0.4, -0.2) is 46.7 Å². The summed E-state index contributed by atoms with van der Waals surface area (Å²) in [6, 6.07) is 8.22. The zero-order valence-electron chi connectivity index (χ0n) is 17.0. The van der Waals surface area contributed by atoms with E-state index in [0.717, 1.165) is 36.9 Å². The molecule has 158 valence electrons. The van der Waals surface area contributed by atoms with Crippen LogP contribution in [0.25, 0.3) is 11.0 Å². The summed E-state index contributed by atoms with van der Waals surface area (Å²) in [5.74, 6) is 1.14. The first-order valence-electron chi connectivity index (χ1n) is 9.91. The van der Waals surface area contributed by atoms with Gasteiger partial charge in [0, 0.05) is 17.8 Å².